The van der Waals surface area contributed by atoms with E-state index in [9.17, 15) is 29.4 Å². The molecule has 2 aliphatic heterocycles. The highest BCUT2D eigenvalue weighted by Gasteiger charge is 2.66. The summed E-state index contributed by atoms with van der Waals surface area (Å²) in [5.74, 6) is -1.67. The van der Waals surface area contributed by atoms with E-state index in [1.54, 1.807) is 47.2 Å². The highest BCUT2D eigenvalue weighted by atomic mass is 28.4. The quantitative estimate of drug-likeness (QED) is 0.231. The molecule has 0 saturated carbocycles. The molecule has 226 valence electrons. The number of anilines is 2. The van der Waals surface area contributed by atoms with Crippen LogP contribution in [0.15, 0.2) is 61.2 Å². The minimum atomic E-state index is -3.02. The maximum Gasteiger partial charge on any atom is 0.264 e. The first-order valence-electron chi connectivity index (χ1n) is 14.2. The lowest BCUT2D eigenvalue weighted by molar-refractivity contribution is -0.149. The summed E-state index contributed by atoms with van der Waals surface area (Å²) in [5, 5.41) is 22.1. The lowest BCUT2D eigenvalue weighted by Gasteiger charge is -2.32. The van der Waals surface area contributed by atoms with Crippen molar-refractivity contribution in [3.05, 3.63) is 72.3 Å². The zero-order valence-corrected chi connectivity index (χ0v) is 25.6. The van der Waals surface area contributed by atoms with Crippen LogP contribution in [0.25, 0.3) is 0 Å². The van der Waals surface area contributed by atoms with Gasteiger partial charge in [-0.3, -0.25) is 14.4 Å². The van der Waals surface area contributed by atoms with E-state index in [2.05, 4.69) is 11.9 Å². The number of fused-ring (bicyclic) bond motifs is 2. The predicted octanol–water partition coefficient (Wildman–Crippen LogP) is 2.75. The van der Waals surface area contributed by atoms with Crippen molar-refractivity contribution in [1.82, 2.24) is 4.90 Å². The first-order valence-corrected chi connectivity index (χ1v) is 17.3. The number of ether oxygens (including phenoxy) is 1. The standard InChI is InChI=1S/C31H41N3O7Si/c1-6-14-34-25-13-12-23(32-29(38)21(3)36)17-24(25)31(30(34)39)20(2)28(42(4,5)40)26(41-31)18-27(37)33(15-16-35)19-22-10-8-7-9-11-22/h6-13,17,20-21,26,28,35-36,40H,1,14-16,18-19H2,2-5H3,(H,32,38)/t20-,21+,26+,28-,31+/m1/s1. The van der Waals surface area contributed by atoms with Crippen LogP contribution >= 0.6 is 0 Å². The van der Waals surface area contributed by atoms with Gasteiger partial charge in [-0.1, -0.05) is 43.3 Å². The molecule has 4 N–H and O–H groups in total. The monoisotopic (exact) mass is 595 g/mol. The number of carbonyl (C=O) groups excluding carboxylic acids is 3. The van der Waals surface area contributed by atoms with Crippen molar-refractivity contribution in [2.45, 2.75) is 63.3 Å². The van der Waals surface area contributed by atoms with Crippen LogP contribution in [0.2, 0.25) is 18.6 Å². The third kappa shape index (κ3) is 5.93. The smallest absolute Gasteiger partial charge is 0.264 e. The Morgan fingerprint density at radius 1 is 1.24 bits per heavy atom. The summed E-state index contributed by atoms with van der Waals surface area (Å²) in [6.45, 7) is 11.0. The van der Waals surface area contributed by atoms with Crippen molar-refractivity contribution >= 4 is 37.4 Å². The van der Waals surface area contributed by atoms with Gasteiger partial charge in [-0.2, -0.15) is 0 Å². The largest absolute Gasteiger partial charge is 0.432 e. The fourth-order valence-corrected chi connectivity index (χ4v) is 8.98. The van der Waals surface area contributed by atoms with Crippen LogP contribution in [0.4, 0.5) is 11.4 Å². The summed E-state index contributed by atoms with van der Waals surface area (Å²) >= 11 is 0. The van der Waals surface area contributed by atoms with Crippen LogP contribution in [0, 0.1) is 5.92 Å². The van der Waals surface area contributed by atoms with Gasteiger partial charge < -0.3 is 34.9 Å². The zero-order chi connectivity index (χ0) is 30.8. The molecular weight excluding hydrogens is 554 g/mol. The molecule has 0 bridgehead atoms. The summed E-state index contributed by atoms with van der Waals surface area (Å²) in [7, 11) is -3.02. The van der Waals surface area contributed by atoms with Crippen LogP contribution in [0.5, 0.6) is 0 Å². The van der Waals surface area contributed by atoms with Gasteiger partial charge in [0.15, 0.2) is 13.9 Å². The van der Waals surface area contributed by atoms with Crippen molar-refractivity contribution in [1.29, 1.82) is 0 Å². The third-order valence-electron chi connectivity index (χ3n) is 8.26. The number of hydrogen-bond acceptors (Lipinski definition) is 7. The molecule has 1 fully saturated rings. The number of aliphatic hydroxyl groups excluding tert-OH is 2. The van der Waals surface area contributed by atoms with Crippen LogP contribution in [-0.2, 0) is 31.3 Å². The van der Waals surface area contributed by atoms with Crippen LogP contribution in [0.1, 0.15) is 31.4 Å². The fraction of sp³-hybridized carbons (Fsp3) is 0.452. The second-order valence-corrected chi connectivity index (χ2v) is 15.7. The molecule has 11 heteroatoms. The van der Waals surface area contributed by atoms with Gasteiger partial charge in [-0.15, -0.1) is 6.58 Å². The molecule has 0 radical (unpaired) electrons. The molecule has 2 aromatic rings. The van der Waals surface area contributed by atoms with Gasteiger partial charge in [0, 0.05) is 42.3 Å². The number of nitrogens with one attached hydrogen (secondary N) is 1. The summed E-state index contributed by atoms with van der Waals surface area (Å²) < 4.78 is 6.71. The Morgan fingerprint density at radius 2 is 1.93 bits per heavy atom. The second kappa shape index (κ2) is 12.5. The van der Waals surface area contributed by atoms with Crippen molar-refractivity contribution in [3.63, 3.8) is 0 Å². The number of carbonyl (C=O) groups is 3. The molecule has 1 saturated heterocycles. The SMILES string of the molecule is C=CCN1C(=O)[C@@]2(O[C@@H](CC(=O)N(CCO)Cc3ccccc3)[C@H]([Si](C)(C)O)[C@H]2C)c2cc(NC(=O)[C@H](C)O)ccc21. The normalized spacial score (nSPS) is 24.0. The average molecular weight is 596 g/mol. The molecule has 0 aliphatic carbocycles. The highest BCUT2D eigenvalue weighted by molar-refractivity contribution is 6.71. The van der Waals surface area contributed by atoms with Gasteiger partial charge in [0.05, 0.1) is 24.8 Å². The molecular formula is C31H41N3O7Si. The number of nitrogens with zero attached hydrogens (tertiary/aromatic N) is 2. The van der Waals surface area contributed by atoms with E-state index in [1.807, 2.05) is 37.3 Å². The van der Waals surface area contributed by atoms with Gasteiger partial charge in [-0.25, -0.2) is 0 Å². The van der Waals surface area contributed by atoms with Gasteiger partial charge in [0.25, 0.3) is 11.8 Å². The fourth-order valence-electron chi connectivity index (χ4n) is 6.43. The van der Waals surface area contributed by atoms with E-state index in [0.717, 1.165) is 5.56 Å². The number of rotatable bonds is 11. The van der Waals surface area contributed by atoms with Crippen LogP contribution in [0.3, 0.4) is 0 Å². The van der Waals surface area contributed by atoms with Gasteiger partial charge in [0.1, 0.15) is 6.10 Å². The van der Waals surface area contributed by atoms with E-state index in [0.29, 0.717) is 23.5 Å². The molecule has 0 unspecified atom stereocenters. The number of aliphatic hydroxyl groups is 2. The molecule has 42 heavy (non-hydrogen) atoms. The van der Waals surface area contributed by atoms with Crippen molar-refractivity contribution in [2.24, 2.45) is 5.92 Å². The van der Waals surface area contributed by atoms with E-state index >= 15 is 0 Å². The number of benzene rings is 2. The van der Waals surface area contributed by atoms with Gasteiger partial charge in [-0.05, 0) is 43.8 Å². The van der Waals surface area contributed by atoms with E-state index in [4.69, 9.17) is 4.74 Å². The molecule has 4 rings (SSSR count). The van der Waals surface area contributed by atoms with Crippen LogP contribution < -0.4 is 10.2 Å². The van der Waals surface area contributed by atoms with Crippen molar-refractivity contribution in [3.8, 4) is 0 Å². The summed E-state index contributed by atoms with van der Waals surface area (Å²) in [6, 6.07) is 14.5. The lowest BCUT2D eigenvalue weighted by Crippen LogP contribution is -2.46. The maximum atomic E-state index is 14.2. The molecule has 10 nitrogen and oxygen atoms in total. The molecule has 2 aromatic carbocycles. The molecule has 3 amide bonds. The topological polar surface area (TPSA) is 140 Å². The highest BCUT2D eigenvalue weighted by Crippen LogP contribution is 2.60. The van der Waals surface area contributed by atoms with Crippen molar-refractivity contribution in [2.75, 3.05) is 29.9 Å². The second-order valence-electron chi connectivity index (χ2n) is 11.7. The summed E-state index contributed by atoms with van der Waals surface area (Å²) in [6.07, 6.45) is -0.467. The van der Waals surface area contributed by atoms with Crippen LogP contribution in [-0.4, -0.2) is 77.9 Å². The number of amides is 3. The Morgan fingerprint density at radius 3 is 2.52 bits per heavy atom. The Kier molecular flexibility index (Phi) is 9.38. The molecule has 2 aliphatic rings. The molecule has 0 aromatic heterocycles. The van der Waals surface area contributed by atoms with E-state index in [1.165, 1.54) is 6.92 Å². The van der Waals surface area contributed by atoms with Gasteiger partial charge in [0.2, 0.25) is 5.91 Å². The first kappa shape index (κ1) is 31.6. The Labute approximate surface area is 247 Å². The average Bonchev–Trinajstić information content (AvgIpc) is 3.35. The lowest BCUT2D eigenvalue weighted by atomic mass is 9.82. The minimum absolute atomic E-state index is 0.0803. The zero-order valence-electron chi connectivity index (χ0n) is 24.6. The number of hydrogen-bond donors (Lipinski definition) is 4. The van der Waals surface area contributed by atoms with E-state index in [-0.39, 0.29) is 37.9 Å². The predicted molar refractivity (Wildman–Crippen MR) is 162 cm³/mol. The van der Waals surface area contributed by atoms with E-state index < -0.39 is 43.5 Å². The molecule has 5 atom stereocenters. The summed E-state index contributed by atoms with van der Waals surface area (Å²) in [5.41, 5.74) is 0.433. The van der Waals surface area contributed by atoms with Gasteiger partial charge >= 0.3 is 0 Å². The molecule has 2 heterocycles. The first-order chi connectivity index (χ1) is 19.8. The minimum Gasteiger partial charge on any atom is -0.432 e. The Bertz CT molecular complexity index is 1330. The maximum absolute atomic E-state index is 14.2. The summed E-state index contributed by atoms with van der Waals surface area (Å²) in [4.78, 5) is 54.8. The Hall–Kier alpha value is -3.35. The third-order valence-corrected chi connectivity index (χ3v) is 10.8. The Balaban J connectivity index is 1.74. The van der Waals surface area contributed by atoms with Crippen molar-refractivity contribution < 1.29 is 34.1 Å². The molecule has 1 spiro atoms.